The van der Waals surface area contributed by atoms with E-state index in [1.54, 1.807) is 0 Å². The third kappa shape index (κ3) is 3.68. The van der Waals surface area contributed by atoms with Crippen molar-refractivity contribution in [2.75, 3.05) is 17.7 Å². The first-order valence-electron chi connectivity index (χ1n) is 9.72. The smallest absolute Gasteiger partial charge is 0.129 e. The normalized spacial score (nSPS) is 13.6. The summed E-state index contributed by atoms with van der Waals surface area (Å²) in [5, 5.41) is 11.3. The van der Waals surface area contributed by atoms with E-state index in [1.807, 2.05) is 25.0 Å². The fourth-order valence-corrected chi connectivity index (χ4v) is 3.56. The molecule has 0 radical (unpaired) electrons. The molecule has 4 rings (SSSR count). The van der Waals surface area contributed by atoms with Gasteiger partial charge in [0.05, 0.1) is 5.69 Å². The molecule has 0 spiro atoms. The van der Waals surface area contributed by atoms with Gasteiger partial charge in [-0.1, -0.05) is 31.2 Å². The fraction of sp³-hybridized carbons (Fsp3) is 0.364. The third-order valence-electron chi connectivity index (χ3n) is 5.28. The lowest BCUT2D eigenvalue weighted by Crippen LogP contribution is -2.04. The Kier molecular flexibility index (Phi) is 4.84. The molecule has 0 amide bonds. The van der Waals surface area contributed by atoms with Crippen molar-refractivity contribution in [3.63, 3.8) is 0 Å². The second-order valence-electron chi connectivity index (χ2n) is 7.19. The highest BCUT2D eigenvalue weighted by atomic mass is 15.3. The van der Waals surface area contributed by atoms with Crippen LogP contribution in [0.3, 0.4) is 0 Å². The van der Waals surface area contributed by atoms with Crippen LogP contribution >= 0.6 is 0 Å². The standard InChI is InChI=1S/C22H27N5/c1-4-18-19(11-12-24-22(18)23-2)16-7-5-15(6-8-16)14-25-21-13-20(17-9-10-17)26-27(21)3/h5-8,11-13,17,25H,4,9-10,14H2,1-3H3,(H,23,24). The Hall–Kier alpha value is -2.82. The van der Waals surface area contributed by atoms with E-state index in [0.717, 1.165) is 24.6 Å². The summed E-state index contributed by atoms with van der Waals surface area (Å²) < 4.78 is 1.95. The SMILES string of the molecule is CCc1c(-c2ccc(CNc3cc(C4CC4)nn3C)cc2)ccnc1NC. The van der Waals surface area contributed by atoms with E-state index in [9.17, 15) is 0 Å². The minimum Gasteiger partial charge on any atom is -0.373 e. The molecule has 2 heterocycles. The summed E-state index contributed by atoms with van der Waals surface area (Å²) in [5.41, 5.74) is 6.21. The van der Waals surface area contributed by atoms with Gasteiger partial charge in [0, 0.05) is 44.4 Å². The van der Waals surface area contributed by atoms with Gasteiger partial charge >= 0.3 is 0 Å². The third-order valence-corrected chi connectivity index (χ3v) is 5.28. The summed E-state index contributed by atoms with van der Waals surface area (Å²) in [6.45, 7) is 2.96. The Bertz CT molecular complexity index is 922. The predicted octanol–water partition coefficient (Wildman–Crippen LogP) is 4.58. The lowest BCUT2D eigenvalue weighted by molar-refractivity contribution is 0.745. The number of rotatable bonds is 7. The molecule has 1 fully saturated rings. The van der Waals surface area contributed by atoms with Crippen molar-refractivity contribution in [2.45, 2.75) is 38.6 Å². The maximum Gasteiger partial charge on any atom is 0.129 e. The first-order chi connectivity index (χ1) is 13.2. The van der Waals surface area contributed by atoms with Crippen molar-refractivity contribution < 1.29 is 0 Å². The number of hydrogen-bond donors (Lipinski definition) is 2. The van der Waals surface area contributed by atoms with E-state index in [2.05, 4.69) is 64.0 Å². The van der Waals surface area contributed by atoms with Crippen LogP contribution in [0.2, 0.25) is 0 Å². The van der Waals surface area contributed by atoms with E-state index in [1.165, 1.54) is 40.8 Å². The van der Waals surface area contributed by atoms with E-state index in [0.29, 0.717) is 5.92 Å². The predicted molar refractivity (Wildman–Crippen MR) is 111 cm³/mol. The summed E-state index contributed by atoms with van der Waals surface area (Å²) in [4.78, 5) is 4.43. The Labute approximate surface area is 160 Å². The second kappa shape index (κ2) is 7.43. The van der Waals surface area contributed by atoms with Crippen LogP contribution in [0.25, 0.3) is 11.1 Å². The molecule has 27 heavy (non-hydrogen) atoms. The first-order valence-corrected chi connectivity index (χ1v) is 9.72. The second-order valence-corrected chi connectivity index (χ2v) is 7.19. The minimum absolute atomic E-state index is 0.682. The fourth-order valence-electron chi connectivity index (χ4n) is 3.56. The van der Waals surface area contributed by atoms with Gasteiger partial charge in [-0.2, -0.15) is 5.10 Å². The van der Waals surface area contributed by atoms with E-state index >= 15 is 0 Å². The topological polar surface area (TPSA) is 54.8 Å². The van der Waals surface area contributed by atoms with Crippen LogP contribution in [0.15, 0.2) is 42.6 Å². The molecule has 0 bridgehead atoms. The van der Waals surface area contributed by atoms with Crippen LogP contribution in [-0.4, -0.2) is 21.8 Å². The molecule has 0 unspecified atom stereocenters. The first kappa shape index (κ1) is 17.6. The number of aryl methyl sites for hydroxylation is 1. The van der Waals surface area contributed by atoms with Gasteiger partial charge in [0.2, 0.25) is 0 Å². The highest BCUT2D eigenvalue weighted by Gasteiger charge is 2.26. The highest BCUT2D eigenvalue weighted by molar-refractivity contribution is 5.72. The van der Waals surface area contributed by atoms with Gasteiger partial charge in [-0.15, -0.1) is 0 Å². The van der Waals surface area contributed by atoms with E-state index in [4.69, 9.17) is 0 Å². The number of nitrogens with zero attached hydrogens (tertiary/aromatic N) is 3. The molecule has 2 N–H and O–H groups in total. The zero-order chi connectivity index (χ0) is 18.8. The minimum atomic E-state index is 0.682. The molecular formula is C22H27N5. The van der Waals surface area contributed by atoms with Crippen LogP contribution in [0.1, 0.15) is 42.5 Å². The van der Waals surface area contributed by atoms with Crippen LogP contribution in [0, 0.1) is 0 Å². The molecule has 0 atom stereocenters. The molecule has 0 aliphatic heterocycles. The molecule has 1 aliphatic carbocycles. The lowest BCUT2D eigenvalue weighted by atomic mass is 9.98. The van der Waals surface area contributed by atoms with Gasteiger partial charge in [0.25, 0.3) is 0 Å². The Morgan fingerprint density at radius 3 is 2.59 bits per heavy atom. The quantitative estimate of drug-likeness (QED) is 0.647. The number of aromatic nitrogens is 3. The molecular weight excluding hydrogens is 334 g/mol. The maximum atomic E-state index is 4.62. The number of nitrogens with one attached hydrogen (secondary N) is 2. The number of hydrogen-bond acceptors (Lipinski definition) is 4. The van der Waals surface area contributed by atoms with Gasteiger partial charge in [-0.3, -0.25) is 4.68 Å². The highest BCUT2D eigenvalue weighted by Crippen LogP contribution is 2.40. The average molecular weight is 361 g/mol. The number of anilines is 2. The number of pyridine rings is 1. The Morgan fingerprint density at radius 1 is 1.15 bits per heavy atom. The molecule has 0 saturated heterocycles. The molecule has 2 aromatic heterocycles. The summed E-state index contributed by atoms with van der Waals surface area (Å²) >= 11 is 0. The van der Waals surface area contributed by atoms with Crippen molar-refractivity contribution >= 4 is 11.6 Å². The van der Waals surface area contributed by atoms with Crippen molar-refractivity contribution in [3.05, 3.63) is 59.4 Å². The summed E-state index contributed by atoms with van der Waals surface area (Å²) in [5.74, 6) is 2.73. The van der Waals surface area contributed by atoms with Gasteiger partial charge in [0.15, 0.2) is 0 Å². The molecule has 3 aromatic rings. The van der Waals surface area contributed by atoms with Gasteiger partial charge in [-0.25, -0.2) is 4.98 Å². The van der Waals surface area contributed by atoms with Crippen molar-refractivity contribution in [1.29, 1.82) is 0 Å². The molecule has 5 nitrogen and oxygen atoms in total. The average Bonchev–Trinajstić information content (AvgIpc) is 3.49. The van der Waals surface area contributed by atoms with Crippen molar-refractivity contribution in [3.8, 4) is 11.1 Å². The molecule has 5 heteroatoms. The van der Waals surface area contributed by atoms with Crippen LogP contribution in [-0.2, 0) is 20.0 Å². The maximum absolute atomic E-state index is 4.62. The number of benzene rings is 1. The van der Waals surface area contributed by atoms with Gasteiger partial charge in [-0.05, 0) is 42.0 Å². The summed E-state index contributed by atoms with van der Waals surface area (Å²) in [6, 6.07) is 13.1. The molecule has 140 valence electrons. The molecule has 1 saturated carbocycles. The lowest BCUT2D eigenvalue weighted by Gasteiger charge is -2.13. The van der Waals surface area contributed by atoms with Crippen molar-refractivity contribution in [2.24, 2.45) is 7.05 Å². The van der Waals surface area contributed by atoms with E-state index in [-0.39, 0.29) is 0 Å². The molecule has 1 aliphatic rings. The van der Waals surface area contributed by atoms with E-state index < -0.39 is 0 Å². The van der Waals surface area contributed by atoms with Gasteiger partial charge in [0.1, 0.15) is 11.6 Å². The largest absolute Gasteiger partial charge is 0.373 e. The Morgan fingerprint density at radius 2 is 1.93 bits per heavy atom. The zero-order valence-corrected chi connectivity index (χ0v) is 16.3. The van der Waals surface area contributed by atoms with Crippen LogP contribution in [0.4, 0.5) is 11.6 Å². The molecule has 1 aromatic carbocycles. The van der Waals surface area contributed by atoms with Crippen LogP contribution < -0.4 is 10.6 Å². The Balaban J connectivity index is 1.48. The van der Waals surface area contributed by atoms with Crippen LogP contribution in [0.5, 0.6) is 0 Å². The summed E-state index contributed by atoms with van der Waals surface area (Å²) in [7, 11) is 3.93. The summed E-state index contributed by atoms with van der Waals surface area (Å²) in [6.07, 6.45) is 5.38. The monoisotopic (exact) mass is 361 g/mol. The zero-order valence-electron chi connectivity index (χ0n) is 16.3. The van der Waals surface area contributed by atoms with Gasteiger partial charge < -0.3 is 10.6 Å². The van der Waals surface area contributed by atoms with Crippen molar-refractivity contribution in [1.82, 2.24) is 14.8 Å².